The van der Waals surface area contributed by atoms with Crippen molar-refractivity contribution in [3.8, 4) is 0 Å². The smallest absolute Gasteiger partial charge is 0.325 e. The molecule has 0 aromatic carbocycles. The highest BCUT2D eigenvalue weighted by molar-refractivity contribution is 6.09. The molecule has 0 atom stereocenters. The first-order valence-electron chi connectivity index (χ1n) is 7.54. The zero-order chi connectivity index (χ0) is 14.2. The van der Waals surface area contributed by atoms with E-state index < -0.39 is 11.6 Å². The molecule has 1 saturated carbocycles. The summed E-state index contributed by atoms with van der Waals surface area (Å²) in [7, 11) is 0. The van der Waals surface area contributed by atoms with Gasteiger partial charge in [0.05, 0.1) is 0 Å². The SMILES string of the molecule is O=C(CN1C(=O)NC2(CCCC2)C1=O)N1CCCCC1. The maximum Gasteiger partial charge on any atom is 0.325 e. The number of carbonyl (C=O) groups excluding carboxylic acids is 3. The van der Waals surface area contributed by atoms with Crippen molar-refractivity contribution in [2.75, 3.05) is 19.6 Å². The number of urea groups is 1. The van der Waals surface area contributed by atoms with Gasteiger partial charge in [0.2, 0.25) is 5.91 Å². The quantitative estimate of drug-likeness (QED) is 0.762. The molecule has 3 fully saturated rings. The van der Waals surface area contributed by atoms with Crippen LogP contribution in [0.25, 0.3) is 0 Å². The van der Waals surface area contributed by atoms with Gasteiger partial charge in [-0.1, -0.05) is 12.8 Å². The predicted molar refractivity (Wildman–Crippen MR) is 71.9 cm³/mol. The van der Waals surface area contributed by atoms with Gasteiger partial charge in [-0.25, -0.2) is 4.79 Å². The van der Waals surface area contributed by atoms with Crippen LogP contribution < -0.4 is 5.32 Å². The topological polar surface area (TPSA) is 69.7 Å². The van der Waals surface area contributed by atoms with E-state index in [1.54, 1.807) is 4.90 Å². The lowest BCUT2D eigenvalue weighted by Gasteiger charge is -2.28. The number of carbonyl (C=O) groups is 3. The van der Waals surface area contributed by atoms with E-state index in [0.29, 0.717) is 12.8 Å². The van der Waals surface area contributed by atoms with Gasteiger partial charge in [-0.3, -0.25) is 14.5 Å². The van der Waals surface area contributed by atoms with Crippen molar-refractivity contribution in [3.63, 3.8) is 0 Å². The molecular formula is C14H21N3O3. The van der Waals surface area contributed by atoms with Crippen LogP contribution in [0.15, 0.2) is 0 Å². The van der Waals surface area contributed by atoms with E-state index in [-0.39, 0.29) is 18.4 Å². The lowest BCUT2D eigenvalue weighted by molar-refractivity contribution is -0.139. The Bertz CT molecular complexity index is 437. The largest absolute Gasteiger partial charge is 0.341 e. The third-order valence-corrected chi connectivity index (χ3v) is 4.71. The van der Waals surface area contributed by atoms with Gasteiger partial charge in [0.1, 0.15) is 12.1 Å². The van der Waals surface area contributed by atoms with E-state index in [0.717, 1.165) is 50.1 Å². The first-order chi connectivity index (χ1) is 9.62. The predicted octanol–water partition coefficient (Wildman–Crippen LogP) is 0.863. The zero-order valence-corrected chi connectivity index (χ0v) is 11.7. The van der Waals surface area contributed by atoms with Crippen LogP contribution in [0.3, 0.4) is 0 Å². The molecule has 0 bridgehead atoms. The number of amides is 4. The Balaban J connectivity index is 1.66. The van der Waals surface area contributed by atoms with Gasteiger partial charge in [0.25, 0.3) is 5.91 Å². The Morgan fingerprint density at radius 1 is 1.05 bits per heavy atom. The van der Waals surface area contributed by atoms with Crippen LogP contribution in [0.4, 0.5) is 4.79 Å². The maximum absolute atomic E-state index is 12.4. The first-order valence-corrected chi connectivity index (χ1v) is 7.54. The van der Waals surface area contributed by atoms with Gasteiger partial charge >= 0.3 is 6.03 Å². The first kappa shape index (κ1) is 13.4. The molecule has 0 radical (unpaired) electrons. The lowest BCUT2D eigenvalue weighted by atomic mass is 9.98. The monoisotopic (exact) mass is 279 g/mol. The summed E-state index contributed by atoms with van der Waals surface area (Å²) < 4.78 is 0. The van der Waals surface area contributed by atoms with Crippen LogP contribution in [-0.4, -0.2) is 52.8 Å². The summed E-state index contributed by atoms with van der Waals surface area (Å²) in [5.74, 6) is -0.311. The normalized spacial score (nSPS) is 25.4. The van der Waals surface area contributed by atoms with Crippen LogP contribution in [0, 0.1) is 0 Å². The second-order valence-corrected chi connectivity index (χ2v) is 6.05. The molecule has 6 nitrogen and oxygen atoms in total. The number of hydrogen-bond donors (Lipinski definition) is 1. The molecule has 1 spiro atoms. The van der Waals surface area contributed by atoms with Gasteiger partial charge in [-0.15, -0.1) is 0 Å². The van der Waals surface area contributed by atoms with Crippen LogP contribution in [0.2, 0.25) is 0 Å². The van der Waals surface area contributed by atoms with Gasteiger partial charge in [-0.05, 0) is 32.1 Å². The van der Waals surface area contributed by atoms with Gasteiger partial charge in [0.15, 0.2) is 0 Å². The Hall–Kier alpha value is -1.59. The van der Waals surface area contributed by atoms with Gasteiger partial charge < -0.3 is 10.2 Å². The molecule has 3 aliphatic rings. The van der Waals surface area contributed by atoms with Crippen molar-refractivity contribution in [2.45, 2.75) is 50.5 Å². The number of piperidine rings is 1. The molecule has 3 rings (SSSR count). The highest BCUT2D eigenvalue weighted by Gasteiger charge is 2.52. The number of nitrogens with one attached hydrogen (secondary N) is 1. The van der Waals surface area contributed by atoms with E-state index in [2.05, 4.69) is 5.32 Å². The molecule has 2 aliphatic heterocycles. The third kappa shape index (κ3) is 2.17. The fraction of sp³-hybridized carbons (Fsp3) is 0.786. The summed E-state index contributed by atoms with van der Waals surface area (Å²) in [6.07, 6.45) is 6.49. The van der Waals surface area contributed by atoms with Crippen LogP contribution in [-0.2, 0) is 9.59 Å². The number of rotatable bonds is 2. The lowest BCUT2D eigenvalue weighted by Crippen LogP contribution is -2.46. The molecule has 2 saturated heterocycles. The molecule has 1 N–H and O–H groups in total. The molecular weight excluding hydrogens is 258 g/mol. The molecule has 20 heavy (non-hydrogen) atoms. The number of hydrogen-bond acceptors (Lipinski definition) is 3. The second kappa shape index (κ2) is 5.07. The average molecular weight is 279 g/mol. The van der Waals surface area contributed by atoms with Crippen molar-refractivity contribution >= 4 is 17.8 Å². The van der Waals surface area contributed by atoms with Gasteiger partial charge in [-0.2, -0.15) is 0 Å². The van der Waals surface area contributed by atoms with Crippen LogP contribution in [0.5, 0.6) is 0 Å². The Labute approximate surface area is 118 Å². The minimum absolute atomic E-state index is 0.105. The van der Waals surface area contributed by atoms with Crippen molar-refractivity contribution in [3.05, 3.63) is 0 Å². The van der Waals surface area contributed by atoms with E-state index >= 15 is 0 Å². The van der Waals surface area contributed by atoms with Crippen molar-refractivity contribution in [1.82, 2.24) is 15.1 Å². The van der Waals surface area contributed by atoms with Crippen LogP contribution >= 0.6 is 0 Å². The number of imide groups is 1. The Morgan fingerprint density at radius 2 is 1.70 bits per heavy atom. The summed E-state index contributed by atoms with van der Waals surface area (Å²) >= 11 is 0. The zero-order valence-electron chi connectivity index (χ0n) is 11.7. The molecule has 6 heteroatoms. The molecule has 0 unspecified atom stereocenters. The molecule has 1 aliphatic carbocycles. The summed E-state index contributed by atoms with van der Waals surface area (Å²) in [5, 5.41) is 2.80. The molecule has 0 aromatic rings. The summed E-state index contributed by atoms with van der Waals surface area (Å²) in [5.41, 5.74) is -0.709. The number of likely N-dealkylation sites (tertiary alicyclic amines) is 1. The average Bonchev–Trinajstić information content (AvgIpc) is 3.01. The van der Waals surface area contributed by atoms with E-state index in [1.807, 2.05) is 0 Å². The Morgan fingerprint density at radius 3 is 2.35 bits per heavy atom. The summed E-state index contributed by atoms with van der Waals surface area (Å²) in [4.78, 5) is 39.5. The standard InChI is InChI=1S/C14H21N3O3/c18-11(16-8-4-1-5-9-16)10-17-12(19)14(15-13(17)20)6-2-3-7-14/h1-10H2,(H,15,20). The molecule has 2 heterocycles. The third-order valence-electron chi connectivity index (χ3n) is 4.71. The van der Waals surface area contributed by atoms with E-state index in [4.69, 9.17) is 0 Å². The van der Waals surface area contributed by atoms with Crippen molar-refractivity contribution in [1.29, 1.82) is 0 Å². The number of nitrogens with zero attached hydrogens (tertiary/aromatic N) is 2. The minimum atomic E-state index is -0.709. The highest BCUT2D eigenvalue weighted by Crippen LogP contribution is 2.34. The molecule has 4 amide bonds. The van der Waals surface area contributed by atoms with Crippen LogP contribution in [0.1, 0.15) is 44.9 Å². The summed E-state index contributed by atoms with van der Waals surface area (Å²) in [6.45, 7) is 1.38. The maximum atomic E-state index is 12.4. The fourth-order valence-electron chi connectivity index (χ4n) is 3.52. The fourth-order valence-corrected chi connectivity index (χ4v) is 3.52. The summed E-state index contributed by atoms with van der Waals surface area (Å²) in [6, 6.07) is -0.401. The highest BCUT2D eigenvalue weighted by atomic mass is 16.2. The van der Waals surface area contributed by atoms with E-state index in [1.165, 1.54) is 0 Å². The second-order valence-electron chi connectivity index (χ2n) is 6.05. The minimum Gasteiger partial charge on any atom is -0.341 e. The Kier molecular flexibility index (Phi) is 3.40. The van der Waals surface area contributed by atoms with Crippen molar-refractivity contribution < 1.29 is 14.4 Å². The molecule has 0 aromatic heterocycles. The van der Waals surface area contributed by atoms with E-state index in [9.17, 15) is 14.4 Å². The van der Waals surface area contributed by atoms with Gasteiger partial charge in [0, 0.05) is 13.1 Å². The van der Waals surface area contributed by atoms with Crippen molar-refractivity contribution in [2.24, 2.45) is 0 Å². The molecule has 110 valence electrons.